The first kappa shape index (κ1) is 19.3. The molecule has 0 amide bonds. The lowest BCUT2D eigenvalue weighted by Gasteiger charge is -2.11. The molecule has 0 radical (unpaired) electrons. The minimum Gasteiger partial charge on any atom is -0.494 e. The summed E-state index contributed by atoms with van der Waals surface area (Å²) in [7, 11) is 0. The summed E-state index contributed by atoms with van der Waals surface area (Å²) in [5.74, 6) is 1.75. The number of guanidine groups is 1. The van der Waals surface area contributed by atoms with E-state index in [9.17, 15) is 0 Å². The van der Waals surface area contributed by atoms with Crippen molar-refractivity contribution in [3.8, 4) is 5.75 Å². The Bertz CT molecular complexity index is 450. The van der Waals surface area contributed by atoms with Gasteiger partial charge in [0.25, 0.3) is 0 Å². The monoisotopic (exact) mass is 321 g/mol. The van der Waals surface area contributed by atoms with Crippen molar-refractivity contribution < 1.29 is 9.47 Å². The van der Waals surface area contributed by atoms with Crippen molar-refractivity contribution in [3.05, 3.63) is 29.8 Å². The molecule has 5 nitrogen and oxygen atoms in total. The number of benzene rings is 1. The van der Waals surface area contributed by atoms with Gasteiger partial charge in [0.1, 0.15) is 5.75 Å². The third-order valence-corrected chi connectivity index (χ3v) is 3.19. The number of ether oxygens (including phenoxy) is 2. The molecule has 0 unspecified atom stereocenters. The Kier molecular flexibility index (Phi) is 10.7. The fourth-order valence-electron chi connectivity index (χ4n) is 2.09. The molecule has 130 valence electrons. The van der Waals surface area contributed by atoms with Gasteiger partial charge in [0, 0.05) is 26.3 Å². The van der Waals surface area contributed by atoms with Crippen LogP contribution in [0.3, 0.4) is 0 Å². The van der Waals surface area contributed by atoms with Gasteiger partial charge in [-0.1, -0.05) is 12.1 Å². The number of nitrogens with zero attached hydrogens (tertiary/aromatic N) is 1. The Hall–Kier alpha value is -1.75. The van der Waals surface area contributed by atoms with Gasteiger partial charge in [-0.2, -0.15) is 0 Å². The summed E-state index contributed by atoms with van der Waals surface area (Å²) < 4.78 is 10.9. The highest BCUT2D eigenvalue weighted by molar-refractivity contribution is 5.79. The second kappa shape index (κ2) is 12.8. The van der Waals surface area contributed by atoms with E-state index in [1.165, 1.54) is 0 Å². The third kappa shape index (κ3) is 9.08. The van der Waals surface area contributed by atoms with E-state index in [0.29, 0.717) is 13.2 Å². The summed E-state index contributed by atoms with van der Waals surface area (Å²) >= 11 is 0. The summed E-state index contributed by atoms with van der Waals surface area (Å²) in [5.41, 5.74) is 1.14. The van der Waals surface area contributed by atoms with E-state index < -0.39 is 0 Å². The standard InChI is InChI=1S/C18H31N3O2/c1-4-19-18(20-12-7-8-13-22-5-2)21-15-16-10-9-11-17(14-16)23-6-3/h9-11,14H,4-8,12-13,15H2,1-3H3,(H2,19,20,21). The molecule has 0 saturated heterocycles. The topological polar surface area (TPSA) is 54.9 Å². The molecule has 0 bridgehead atoms. The molecular formula is C18H31N3O2. The fourth-order valence-corrected chi connectivity index (χ4v) is 2.09. The highest BCUT2D eigenvalue weighted by Gasteiger charge is 1.99. The normalized spacial score (nSPS) is 11.3. The smallest absolute Gasteiger partial charge is 0.191 e. The molecule has 23 heavy (non-hydrogen) atoms. The van der Waals surface area contributed by atoms with E-state index in [2.05, 4.69) is 28.6 Å². The highest BCUT2D eigenvalue weighted by atomic mass is 16.5. The van der Waals surface area contributed by atoms with Crippen molar-refractivity contribution in [2.75, 3.05) is 32.9 Å². The maximum atomic E-state index is 5.52. The molecule has 0 atom stereocenters. The molecule has 0 aromatic heterocycles. The Morgan fingerprint density at radius 2 is 1.96 bits per heavy atom. The van der Waals surface area contributed by atoms with Gasteiger partial charge in [-0.05, 0) is 51.3 Å². The van der Waals surface area contributed by atoms with Crippen LogP contribution in [0.1, 0.15) is 39.2 Å². The number of aliphatic imine (C=N–C) groups is 1. The van der Waals surface area contributed by atoms with Crippen LogP contribution >= 0.6 is 0 Å². The number of rotatable bonds is 11. The second-order valence-corrected chi connectivity index (χ2v) is 5.11. The Morgan fingerprint density at radius 3 is 2.70 bits per heavy atom. The van der Waals surface area contributed by atoms with Crippen LogP contribution in [0.15, 0.2) is 29.3 Å². The van der Waals surface area contributed by atoms with Gasteiger partial charge < -0.3 is 20.1 Å². The maximum absolute atomic E-state index is 5.52. The van der Waals surface area contributed by atoms with Crippen LogP contribution in [0.25, 0.3) is 0 Å². The summed E-state index contributed by atoms with van der Waals surface area (Å²) in [6.45, 7) is 10.8. The molecule has 1 aromatic carbocycles. The lowest BCUT2D eigenvalue weighted by atomic mass is 10.2. The minimum absolute atomic E-state index is 0.634. The van der Waals surface area contributed by atoms with Crippen molar-refractivity contribution in [1.82, 2.24) is 10.6 Å². The largest absolute Gasteiger partial charge is 0.494 e. The van der Waals surface area contributed by atoms with Gasteiger partial charge in [-0.3, -0.25) is 0 Å². The summed E-state index contributed by atoms with van der Waals surface area (Å²) in [5, 5.41) is 6.63. The summed E-state index contributed by atoms with van der Waals surface area (Å²) in [6.07, 6.45) is 2.14. The first-order valence-electron chi connectivity index (χ1n) is 8.61. The Morgan fingerprint density at radius 1 is 1.09 bits per heavy atom. The fraction of sp³-hybridized carbons (Fsp3) is 0.611. The molecule has 0 aliphatic carbocycles. The van der Waals surface area contributed by atoms with Crippen LogP contribution in [0, 0.1) is 0 Å². The van der Waals surface area contributed by atoms with E-state index in [-0.39, 0.29) is 0 Å². The van der Waals surface area contributed by atoms with Crippen molar-refractivity contribution in [3.63, 3.8) is 0 Å². The summed E-state index contributed by atoms with van der Waals surface area (Å²) in [6, 6.07) is 8.08. The molecule has 0 fully saturated rings. The lowest BCUT2D eigenvalue weighted by Crippen LogP contribution is -2.37. The van der Waals surface area contributed by atoms with Gasteiger partial charge in [0.15, 0.2) is 5.96 Å². The van der Waals surface area contributed by atoms with Crippen LogP contribution in [-0.2, 0) is 11.3 Å². The number of unbranched alkanes of at least 4 members (excludes halogenated alkanes) is 1. The van der Waals surface area contributed by atoms with Gasteiger partial charge in [0.2, 0.25) is 0 Å². The van der Waals surface area contributed by atoms with Crippen molar-refractivity contribution >= 4 is 5.96 Å². The third-order valence-electron chi connectivity index (χ3n) is 3.19. The van der Waals surface area contributed by atoms with Crippen LogP contribution in [0.4, 0.5) is 0 Å². The number of hydrogen-bond donors (Lipinski definition) is 2. The highest BCUT2D eigenvalue weighted by Crippen LogP contribution is 2.13. The molecule has 1 rings (SSSR count). The molecule has 0 heterocycles. The van der Waals surface area contributed by atoms with Gasteiger partial charge in [-0.25, -0.2) is 4.99 Å². The lowest BCUT2D eigenvalue weighted by molar-refractivity contribution is 0.143. The summed E-state index contributed by atoms with van der Waals surface area (Å²) in [4.78, 5) is 4.63. The predicted molar refractivity (Wildman–Crippen MR) is 96.2 cm³/mol. The molecule has 1 aromatic rings. The molecule has 0 spiro atoms. The SMILES string of the molecule is CCNC(=NCc1cccc(OCC)c1)NCCCCOCC. The van der Waals surface area contributed by atoms with Crippen molar-refractivity contribution in [1.29, 1.82) is 0 Å². The van der Waals surface area contributed by atoms with Gasteiger partial charge >= 0.3 is 0 Å². The van der Waals surface area contributed by atoms with Crippen LogP contribution < -0.4 is 15.4 Å². The van der Waals surface area contributed by atoms with E-state index in [4.69, 9.17) is 9.47 Å². The quantitative estimate of drug-likeness (QED) is 0.374. The predicted octanol–water partition coefficient (Wildman–Crippen LogP) is 2.96. The van der Waals surface area contributed by atoms with Crippen LogP contribution in [0.2, 0.25) is 0 Å². The van der Waals surface area contributed by atoms with Gasteiger partial charge in [0.05, 0.1) is 13.2 Å². The number of hydrogen-bond acceptors (Lipinski definition) is 3. The zero-order valence-corrected chi connectivity index (χ0v) is 14.7. The van der Waals surface area contributed by atoms with E-state index in [1.807, 2.05) is 32.0 Å². The zero-order chi connectivity index (χ0) is 16.8. The molecular weight excluding hydrogens is 290 g/mol. The Balaban J connectivity index is 2.43. The second-order valence-electron chi connectivity index (χ2n) is 5.11. The van der Waals surface area contributed by atoms with E-state index in [0.717, 1.165) is 56.4 Å². The van der Waals surface area contributed by atoms with Crippen molar-refractivity contribution in [2.24, 2.45) is 4.99 Å². The maximum Gasteiger partial charge on any atom is 0.191 e. The molecule has 5 heteroatoms. The first-order chi connectivity index (χ1) is 11.3. The van der Waals surface area contributed by atoms with Crippen LogP contribution in [-0.4, -0.2) is 38.9 Å². The number of nitrogens with one attached hydrogen (secondary N) is 2. The zero-order valence-electron chi connectivity index (χ0n) is 14.7. The van der Waals surface area contributed by atoms with E-state index >= 15 is 0 Å². The molecule has 0 aliphatic heterocycles. The molecule has 0 aliphatic rings. The van der Waals surface area contributed by atoms with E-state index in [1.54, 1.807) is 0 Å². The Labute approximate surface area is 140 Å². The molecule has 2 N–H and O–H groups in total. The average Bonchev–Trinajstić information content (AvgIpc) is 2.56. The average molecular weight is 321 g/mol. The van der Waals surface area contributed by atoms with Gasteiger partial charge in [-0.15, -0.1) is 0 Å². The van der Waals surface area contributed by atoms with Crippen LogP contribution in [0.5, 0.6) is 5.75 Å². The first-order valence-corrected chi connectivity index (χ1v) is 8.61. The van der Waals surface area contributed by atoms with Crippen molar-refractivity contribution in [2.45, 2.75) is 40.2 Å². The molecule has 0 saturated carbocycles. The minimum atomic E-state index is 0.634.